The Hall–Kier alpha value is -2.97. The predicted octanol–water partition coefficient (Wildman–Crippen LogP) is 3.28. The number of likely N-dealkylation sites (tertiary alicyclic amines) is 1. The van der Waals surface area contributed by atoms with E-state index < -0.39 is 0 Å². The summed E-state index contributed by atoms with van der Waals surface area (Å²) in [6, 6.07) is 10.5. The topological polar surface area (TPSA) is 79.5 Å². The molecule has 174 valence electrons. The van der Waals surface area contributed by atoms with Gasteiger partial charge >= 0.3 is 0 Å². The smallest absolute Gasteiger partial charge is 0.225 e. The molecule has 33 heavy (non-hydrogen) atoms. The van der Waals surface area contributed by atoms with Gasteiger partial charge < -0.3 is 14.7 Å². The maximum absolute atomic E-state index is 9.52. The Bertz CT molecular complexity index is 1060. The molecule has 1 atom stereocenters. The van der Waals surface area contributed by atoms with Crippen LogP contribution in [-0.2, 0) is 13.1 Å². The number of anilines is 1. The average Bonchev–Trinajstić information content (AvgIpc) is 3.61. The fourth-order valence-electron chi connectivity index (χ4n) is 4.96. The van der Waals surface area contributed by atoms with E-state index in [-0.39, 0.29) is 12.6 Å². The van der Waals surface area contributed by atoms with Crippen LogP contribution >= 0.6 is 0 Å². The molecule has 2 fully saturated rings. The van der Waals surface area contributed by atoms with E-state index in [2.05, 4.69) is 26.9 Å². The molecule has 8 nitrogen and oxygen atoms in total. The molecule has 5 rings (SSSR count). The number of aliphatic hydroxyl groups is 1. The summed E-state index contributed by atoms with van der Waals surface area (Å²) in [5, 5.41) is 14.4. The monoisotopic (exact) mass is 448 g/mol. The molecular formula is C25H32N6O2. The number of nitrogens with zero attached hydrogens (tertiary/aromatic N) is 6. The van der Waals surface area contributed by atoms with Crippen molar-refractivity contribution in [3.8, 4) is 17.0 Å². The minimum Gasteiger partial charge on any atom is -0.497 e. The standard InChI is InChI=1S/C25H32N6O2/c1-33-20-8-6-19(7-9-20)17-30-14-4-5-23(30)24-21(18-31(28-24)15-16-32)22-10-11-26-25(27-22)29-12-2-3-13-29/h6-11,18,23,32H,2-5,12-17H2,1H3/t23-/m0/s1. The van der Waals surface area contributed by atoms with Gasteiger partial charge in [-0.2, -0.15) is 5.10 Å². The summed E-state index contributed by atoms with van der Waals surface area (Å²) in [7, 11) is 1.69. The van der Waals surface area contributed by atoms with Gasteiger partial charge in [-0.1, -0.05) is 12.1 Å². The minimum atomic E-state index is 0.0591. The zero-order valence-electron chi connectivity index (χ0n) is 19.2. The Balaban J connectivity index is 1.45. The molecule has 0 saturated carbocycles. The second-order valence-electron chi connectivity index (χ2n) is 8.83. The number of hydrogen-bond acceptors (Lipinski definition) is 7. The molecule has 3 aromatic rings. The third-order valence-electron chi connectivity index (χ3n) is 6.65. The molecule has 0 aliphatic carbocycles. The first-order chi connectivity index (χ1) is 16.2. The first-order valence-corrected chi connectivity index (χ1v) is 11.9. The summed E-state index contributed by atoms with van der Waals surface area (Å²) in [5.41, 5.74) is 4.25. The van der Waals surface area contributed by atoms with Gasteiger partial charge in [0, 0.05) is 37.6 Å². The van der Waals surface area contributed by atoms with Gasteiger partial charge in [0.1, 0.15) is 5.75 Å². The molecule has 0 amide bonds. The van der Waals surface area contributed by atoms with Crippen molar-refractivity contribution in [2.45, 2.75) is 44.8 Å². The molecule has 2 aromatic heterocycles. The van der Waals surface area contributed by atoms with Crippen molar-refractivity contribution in [2.24, 2.45) is 0 Å². The second-order valence-corrected chi connectivity index (χ2v) is 8.83. The Morgan fingerprint density at radius 2 is 1.88 bits per heavy atom. The van der Waals surface area contributed by atoms with Crippen LogP contribution in [-0.4, -0.2) is 63.1 Å². The molecular weight excluding hydrogens is 416 g/mol. The van der Waals surface area contributed by atoms with Crippen LogP contribution in [0.3, 0.4) is 0 Å². The molecule has 0 radical (unpaired) electrons. The highest BCUT2D eigenvalue weighted by atomic mass is 16.5. The van der Waals surface area contributed by atoms with Gasteiger partial charge in [0.05, 0.1) is 37.7 Å². The Morgan fingerprint density at radius 1 is 1.06 bits per heavy atom. The van der Waals surface area contributed by atoms with Gasteiger partial charge in [0.25, 0.3) is 0 Å². The average molecular weight is 449 g/mol. The zero-order chi connectivity index (χ0) is 22.6. The van der Waals surface area contributed by atoms with Crippen molar-refractivity contribution in [2.75, 3.05) is 38.3 Å². The third-order valence-corrected chi connectivity index (χ3v) is 6.65. The lowest BCUT2D eigenvalue weighted by Crippen LogP contribution is -2.24. The van der Waals surface area contributed by atoms with Crippen molar-refractivity contribution in [3.05, 3.63) is 54.0 Å². The lowest BCUT2D eigenvalue weighted by molar-refractivity contribution is 0.240. The van der Waals surface area contributed by atoms with Crippen molar-refractivity contribution >= 4 is 5.95 Å². The van der Waals surface area contributed by atoms with Crippen LogP contribution in [0.4, 0.5) is 5.95 Å². The second kappa shape index (κ2) is 9.89. The number of hydrogen-bond donors (Lipinski definition) is 1. The maximum atomic E-state index is 9.52. The SMILES string of the molecule is COc1ccc(CN2CCC[C@H]2c2nn(CCO)cc2-c2ccnc(N3CCCC3)n2)cc1. The van der Waals surface area contributed by atoms with E-state index >= 15 is 0 Å². The van der Waals surface area contributed by atoms with Gasteiger partial charge in [-0.25, -0.2) is 9.97 Å². The lowest BCUT2D eigenvalue weighted by Gasteiger charge is -2.24. The fourth-order valence-corrected chi connectivity index (χ4v) is 4.96. The van der Waals surface area contributed by atoms with E-state index in [0.29, 0.717) is 6.54 Å². The lowest BCUT2D eigenvalue weighted by atomic mass is 10.0. The van der Waals surface area contributed by atoms with Gasteiger partial charge in [-0.05, 0) is 56.0 Å². The largest absolute Gasteiger partial charge is 0.497 e. The van der Waals surface area contributed by atoms with Crippen molar-refractivity contribution in [3.63, 3.8) is 0 Å². The first kappa shape index (κ1) is 21.9. The van der Waals surface area contributed by atoms with E-state index in [1.807, 2.05) is 35.3 Å². The van der Waals surface area contributed by atoms with Gasteiger partial charge in [0.2, 0.25) is 5.95 Å². The molecule has 0 spiro atoms. The highest BCUT2D eigenvalue weighted by Crippen LogP contribution is 2.37. The van der Waals surface area contributed by atoms with Crippen LogP contribution in [0.15, 0.2) is 42.7 Å². The number of rotatable bonds is 8. The van der Waals surface area contributed by atoms with Crippen LogP contribution in [0.25, 0.3) is 11.3 Å². The molecule has 1 aromatic carbocycles. The van der Waals surface area contributed by atoms with E-state index in [0.717, 1.165) is 67.7 Å². The Kier molecular flexibility index (Phi) is 6.55. The maximum Gasteiger partial charge on any atom is 0.225 e. The van der Waals surface area contributed by atoms with Crippen molar-refractivity contribution in [1.29, 1.82) is 0 Å². The molecule has 2 saturated heterocycles. The van der Waals surface area contributed by atoms with Crippen molar-refractivity contribution < 1.29 is 9.84 Å². The van der Waals surface area contributed by atoms with Crippen molar-refractivity contribution in [1.82, 2.24) is 24.6 Å². The number of aliphatic hydroxyl groups excluding tert-OH is 1. The summed E-state index contributed by atoms with van der Waals surface area (Å²) in [5.74, 6) is 1.67. The van der Waals surface area contributed by atoms with E-state index in [1.165, 1.54) is 18.4 Å². The highest BCUT2D eigenvalue weighted by Gasteiger charge is 2.31. The fraction of sp³-hybridized carbons (Fsp3) is 0.480. The molecule has 1 N–H and O–H groups in total. The van der Waals surface area contributed by atoms with Crippen LogP contribution in [0, 0.1) is 0 Å². The molecule has 0 unspecified atom stereocenters. The molecule has 4 heterocycles. The van der Waals surface area contributed by atoms with Crippen LogP contribution in [0.5, 0.6) is 5.75 Å². The number of methoxy groups -OCH3 is 1. The Labute approximate surface area is 194 Å². The van der Waals surface area contributed by atoms with Crippen LogP contribution in [0.2, 0.25) is 0 Å². The van der Waals surface area contributed by atoms with E-state index in [9.17, 15) is 5.11 Å². The summed E-state index contributed by atoms with van der Waals surface area (Å²) in [6.45, 7) is 4.46. The summed E-state index contributed by atoms with van der Waals surface area (Å²) in [4.78, 5) is 14.2. The third kappa shape index (κ3) is 4.72. The molecule has 2 aliphatic heterocycles. The highest BCUT2D eigenvalue weighted by molar-refractivity contribution is 5.63. The predicted molar refractivity (Wildman–Crippen MR) is 127 cm³/mol. The van der Waals surface area contributed by atoms with Gasteiger partial charge in [0.15, 0.2) is 0 Å². The summed E-state index contributed by atoms with van der Waals surface area (Å²) < 4.78 is 7.16. The van der Waals surface area contributed by atoms with E-state index in [4.69, 9.17) is 14.8 Å². The van der Waals surface area contributed by atoms with Gasteiger partial charge in [-0.15, -0.1) is 0 Å². The summed E-state index contributed by atoms with van der Waals surface area (Å²) >= 11 is 0. The number of aromatic nitrogens is 4. The first-order valence-electron chi connectivity index (χ1n) is 11.9. The number of benzene rings is 1. The van der Waals surface area contributed by atoms with Gasteiger partial charge in [-0.3, -0.25) is 9.58 Å². The Morgan fingerprint density at radius 3 is 2.64 bits per heavy atom. The zero-order valence-corrected chi connectivity index (χ0v) is 19.2. The minimum absolute atomic E-state index is 0.0591. The normalized spacial score (nSPS) is 18.8. The molecule has 2 aliphatic rings. The van der Waals surface area contributed by atoms with E-state index in [1.54, 1.807) is 7.11 Å². The molecule has 8 heteroatoms. The van der Waals surface area contributed by atoms with Crippen LogP contribution in [0.1, 0.15) is 43.0 Å². The molecule has 0 bridgehead atoms. The quantitative estimate of drug-likeness (QED) is 0.566. The number of ether oxygens (including phenoxy) is 1. The van der Waals surface area contributed by atoms with Crippen LogP contribution < -0.4 is 9.64 Å². The summed E-state index contributed by atoms with van der Waals surface area (Å²) in [6.07, 6.45) is 8.46.